The van der Waals surface area contributed by atoms with Gasteiger partial charge in [0.15, 0.2) is 0 Å². The van der Waals surface area contributed by atoms with Gasteiger partial charge >= 0.3 is 5.63 Å². The van der Waals surface area contributed by atoms with E-state index in [1.165, 1.54) is 37.8 Å². The van der Waals surface area contributed by atoms with Crippen LogP contribution >= 0.6 is 0 Å². The highest BCUT2D eigenvalue weighted by atomic mass is 16.4. The van der Waals surface area contributed by atoms with E-state index in [1.54, 1.807) is 0 Å². The molecule has 4 nitrogen and oxygen atoms in total. The first-order valence-corrected chi connectivity index (χ1v) is 10.2. The van der Waals surface area contributed by atoms with E-state index in [4.69, 9.17) is 4.42 Å². The van der Waals surface area contributed by atoms with Crippen LogP contribution in [0, 0.1) is 12.8 Å². The van der Waals surface area contributed by atoms with E-state index in [1.807, 2.05) is 13.0 Å². The van der Waals surface area contributed by atoms with Crippen molar-refractivity contribution >= 4 is 11.0 Å². The molecule has 0 amide bonds. The van der Waals surface area contributed by atoms with Crippen LogP contribution in [0.5, 0.6) is 0 Å². The third kappa shape index (κ3) is 2.89. The lowest BCUT2D eigenvalue weighted by atomic mass is 9.80. The predicted octanol–water partition coefficient (Wildman–Crippen LogP) is 3.33. The molecule has 0 unspecified atom stereocenters. The van der Waals surface area contributed by atoms with Gasteiger partial charge in [-0.1, -0.05) is 12.1 Å². The Morgan fingerprint density at radius 1 is 1.12 bits per heavy atom. The van der Waals surface area contributed by atoms with Crippen molar-refractivity contribution in [2.45, 2.75) is 51.6 Å². The molecule has 2 bridgehead atoms. The van der Waals surface area contributed by atoms with Crippen molar-refractivity contribution in [1.29, 1.82) is 0 Å². The molecule has 1 aliphatic carbocycles. The Morgan fingerprint density at radius 2 is 1.96 bits per heavy atom. The molecule has 1 aromatic carbocycles. The Balaban J connectivity index is 1.32. The van der Waals surface area contributed by atoms with Crippen LogP contribution in [0.15, 0.2) is 27.4 Å². The topological polar surface area (TPSA) is 36.7 Å². The van der Waals surface area contributed by atoms with Crippen LogP contribution in [-0.2, 0) is 13.0 Å². The van der Waals surface area contributed by atoms with E-state index >= 15 is 0 Å². The van der Waals surface area contributed by atoms with Gasteiger partial charge in [0.1, 0.15) is 5.58 Å². The first-order chi connectivity index (χ1) is 12.7. The molecule has 0 N–H and O–H groups in total. The molecule has 0 spiro atoms. The summed E-state index contributed by atoms with van der Waals surface area (Å²) in [6, 6.07) is 7.02. The van der Waals surface area contributed by atoms with Gasteiger partial charge in [-0.15, -0.1) is 0 Å². The molecular formula is C22H28N2O2. The Hall–Kier alpha value is -1.65. The SMILES string of the molecule is Cc1ccc2c3c(c(=O)oc2c1)CN(CCN1CC2CCC1CC2)CC3. The minimum Gasteiger partial charge on any atom is -0.422 e. The number of piperidine rings is 2. The van der Waals surface area contributed by atoms with Gasteiger partial charge in [-0.25, -0.2) is 4.79 Å². The van der Waals surface area contributed by atoms with Gasteiger partial charge in [0, 0.05) is 44.2 Å². The van der Waals surface area contributed by atoms with Crippen LogP contribution in [0.25, 0.3) is 11.0 Å². The second-order valence-corrected chi connectivity index (χ2v) is 8.54. The van der Waals surface area contributed by atoms with Crippen molar-refractivity contribution in [2.75, 3.05) is 26.2 Å². The highest BCUT2D eigenvalue weighted by Crippen LogP contribution is 2.34. The molecule has 6 rings (SSSR count). The fraction of sp³-hybridized carbons (Fsp3) is 0.591. The van der Waals surface area contributed by atoms with Gasteiger partial charge in [-0.3, -0.25) is 9.80 Å². The van der Waals surface area contributed by atoms with Crippen molar-refractivity contribution in [3.8, 4) is 0 Å². The average molecular weight is 352 g/mol. The maximum Gasteiger partial charge on any atom is 0.341 e. The molecule has 2 saturated heterocycles. The zero-order valence-corrected chi connectivity index (χ0v) is 15.7. The number of hydrogen-bond donors (Lipinski definition) is 0. The lowest BCUT2D eigenvalue weighted by Gasteiger charge is -2.46. The summed E-state index contributed by atoms with van der Waals surface area (Å²) in [7, 11) is 0. The molecule has 138 valence electrons. The molecule has 4 heteroatoms. The summed E-state index contributed by atoms with van der Waals surface area (Å²) < 4.78 is 5.63. The molecule has 26 heavy (non-hydrogen) atoms. The number of rotatable bonds is 3. The lowest BCUT2D eigenvalue weighted by molar-refractivity contribution is 0.0394. The molecule has 1 aromatic heterocycles. The molecule has 0 radical (unpaired) electrons. The quantitative estimate of drug-likeness (QED) is 0.794. The summed E-state index contributed by atoms with van der Waals surface area (Å²) in [6.07, 6.45) is 6.61. The lowest BCUT2D eigenvalue weighted by Crippen LogP contribution is -2.50. The van der Waals surface area contributed by atoms with E-state index in [0.29, 0.717) is 0 Å². The van der Waals surface area contributed by atoms with Crippen LogP contribution in [-0.4, -0.2) is 42.0 Å². The van der Waals surface area contributed by atoms with Crippen molar-refractivity contribution in [3.05, 3.63) is 45.3 Å². The maximum atomic E-state index is 12.5. The van der Waals surface area contributed by atoms with Crippen LogP contribution in [0.1, 0.15) is 42.4 Å². The normalized spacial score (nSPS) is 26.3. The molecule has 4 heterocycles. The monoisotopic (exact) mass is 352 g/mol. The Labute approximate surface area is 154 Å². The minimum absolute atomic E-state index is 0.139. The fourth-order valence-electron chi connectivity index (χ4n) is 5.34. The molecule has 3 aliphatic heterocycles. The molecule has 1 saturated carbocycles. The van der Waals surface area contributed by atoms with Crippen LogP contribution in [0.3, 0.4) is 0 Å². The summed E-state index contributed by atoms with van der Waals surface area (Å²) in [5.74, 6) is 0.934. The average Bonchev–Trinajstić information content (AvgIpc) is 2.67. The summed E-state index contributed by atoms with van der Waals surface area (Å²) in [5.41, 5.74) is 3.83. The third-order valence-electron chi connectivity index (χ3n) is 6.86. The Bertz CT molecular complexity index is 880. The molecule has 3 fully saturated rings. The summed E-state index contributed by atoms with van der Waals surface area (Å²) in [5, 5.41) is 1.12. The Kier molecular flexibility index (Phi) is 4.13. The van der Waals surface area contributed by atoms with Crippen LogP contribution in [0.2, 0.25) is 0 Å². The maximum absolute atomic E-state index is 12.5. The summed E-state index contributed by atoms with van der Waals surface area (Å²) in [6.45, 7) is 7.32. The first kappa shape index (κ1) is 16.5. The molecule has 2 aromatic rings. The second-order valence-electron chi connectivity index (χ2n) is 8.54. The Morgan fingerprint density at radius 3 is 2.73 bits per heavy atom. The van der Waals surface area contributed by atoms with Gasteiger partial charge in [0.2, 0.25) is 0 Å². The van der Waals surface area contributed by atoms with Gasteiger partial charge in [0.25, 0.3) is 0 Å². The smallest absolute Gasteiger partial charge is 0.341 e. The van der Waals surface area contributed by atoms with E-state index in [9.17, 15) is 4.79 Å². The highest BCUT2D eigenvalue weighted by molar-refractivity contribution is 5.82. The van der Waals surface area contributed by atoms with Gasteiger partial charge in [0.05, 0.1) is 5.56 Å². The highest BCUT2D eigenvalue weighted by Gasteiger charge is 2.33. The molecule has 0 atom stereocenters. The molecular weight excluding hydrogens is 324 g/mol. The summed E-state index contributed by atoms with van der Waals surface area (Å²) >= 11 is 0. The zero-order chi connectivity index (χ0) is 17.7. The van der Waals surface area contributed by atoms with Gasteiger partial charge in [-0.2, -0.15) is 0 Å². The number of fused-ring (bicyclic) bond motifs is 6. The number of aryl methyl sites for hydroxylation is 1. The minimum atomic E-state index is -0.139. The summed E-state index contributed by atoms with van der Waals surface area (Å²) in [4.78, 5) is 17.7. The third-order valence-corrected chi connectivity index (χ3v) is 6.86. The van der Waals surface area contributed by atoms with Crippen LogP contribution in [0.4, 0.5) is 0 Å². The van der Waals surface area contributed by atoms with Gasteiger partial charge < -0.3 is 4.42 Å². The standard InChI is InChI=1S/C22H28N2O2/c1-15-2-7-19-18-8-9-23(14-20(18)22(25)26-21(19)12-15)10-11-24-13-16-3-5-17(24)6-4-16/h2,7,12,16-17H,3-6,8-11,13-14H2,1H3. The van der Waals surface area contributed by atoms with Crippen molar-refractivity contribution < 1.29 is 4.42 Å². The largest absolute Gasteiger partial charge is 0.422 e. The first-order valence-electron chi connectivity index (χ1n) is 10.2. The molecule has 4 aliphatic rings. The number of benzene rings is 1. The van der Waals surface area contributed by atoms with E-state index < -0.39 is 0 Å². The second kappa shape index (κ2) is 6.50. The van der Waals surface area contributed by atoms with E-state index in [0.717, 1.165) is 66.7 Å². The number of nitrogens with zero attached hydrogens (tertiary/aromatic N) is 2. The van der Waals surface area contributed by atoms with E-state index in [2.05, 4.69) is 21.9 Å². The van der Waals surface area contributed by atoms with Crippen molar-refractivity contribution in [3.63, 3.8) is 0 Å². The zero-order valence-electron chi connectivity index (χ0n) is 15.7. The van der Waals surface area contributed by atoms with E-state index in [-0.39, 0.29) is 5.63 Å². The van der Waals surface area contributed by atoms with Crippen molar-refractivity contribution in [1.82, 2.24) is 9.80 Å². The predicted molar refractivity (Wildman–Crippen MR) is 104 cm³/mol. The fourth-order valence-corrected chi connectivity index (χ4v) is 5.34. The van der Waals surface area contributed by atoms with Crippen molar-refractivity contribution in [2.24, 2.45) is 5.92 Å². The van der Waals surface area contributed by atoms with Gasteiger partial charge in [-0.05, 0) is 62.1 Å². The van der Waals surface area contributed by atoms with Crippen LogP contribution < -0.4 is 5.63 Å². The number of hydrogen-bond acceptors (Lipinski definition) is 4.